The summed E-state index contributed by atoms with van der Waals surface area (Å²) in [6.07, 6.45) is 1.79. The predicted molar refractivity (Wildman–Crippen MR) is 141 cm³/mol. The lowest BCUT2D eigenvalue weighted by Crippen LogP contribution is -2.35. The number of carbonyl (C=O) groups excluding carboxylic acids is 2. The Balaban J connectivity index is 0.942. The fraction of sp³-hybridized carbons (Fsp3) is 0.214. The molecule has 0 atom stereocenters. The van der Waals surface area contributed by atoms with Gasteiger partial charge in [0.15, 0.2) is 27.9 Å². The molecule has 39 heavy (non-hydrogen) atoms. The molecule has 1 fully saturated rings. The van der Waals surface area contributed by atoms with Gasteiger partial charge < -0.3 is 19.1 Å². The molecule has 0 aliphatic heterocycles. The normalized spacial score (nSPS) is 16.4. The van der Waals surface area contributed by atoms with Crippen LogP contribution in [0.1, 0.15) is 49.8 Å². The standard InChI is InChI=1S/C28H23N5O5S/c34-26(21-13-23(37-32-21)18-7-3-1-4-8-18)29-15-17-11-20(12-17)27-31-30-25(39-27)16-36-28(35)22-14-24(38-33-22)19-9-5-2-6-10-19/h1-10,13-14,17,20H,11-12,15-16H2,(H,29,34). The molecule has 10 nitrogen and oxygen atoms in total. The number of ether oxygens (including phenoxy) is 1. The molecule has 0 unspecified atom stereocenters. The average Bonchev–Trinajstić information content (AvgIpc) is 3.73. The van der Waals surface area contributed by atoms with Crippen molar-refractivity contribution in [2.75, 3.05) is 6.54 Å². The second-order valence-electron chi connectivity index (χ2n) is 9.24. The van der Waals surface area contributed by atoms with Crippen LogP contribution < -0.4 is 5.32 Å². The summed E-state index contributed by atoms with van der Waals surface area (Å²) in [6.45, 7) is 0.563. The summed E-state index contributed by atoms with van der Waals surface area (Å²) in [6, 6.07) is 22.1. The van der Waals surface area contributed by atoms with Gasteiger partial charge in [-0.2, -0.15) is 0 Å². The van der Waals surface area contributed by atoms with E-state index in [9.17, 15) is 9.59 Å². The molecule has 1 saturated carbocycles. The number of nitrogens with one attached hydrogen (secondary N) is 1. The lowest BCUT2D eigenvalue weighted by atomic mass is 9.75. The van der Waals surface area contributed by atoms with Crippen LogP contribution in [-0.2, 0) is 11.3 Å². The Morgan fingerprint density at radius 2 is 1.49 bits per heavy atom. The Bertz CT molecular complexity index is 1570. The number of benzene rings is 2. The summed E-state index contributed by atoms with van der Waals surface area (Å²) in [5.41, 5.74) is 2.05. The van der Waals surface area contributed by atoms with Crippen molar-refractivity contribution < 1.29 is 23.4 Å². The molecule has 196 valence electrons. The minimum absolute atomic E-state index is 0.0128. The van der Waals surface area contributed by atoms with Gasteiger partial charge in [0.1, 0.15) is 11.6 Å². The van der Waals surface area contributed by atoms with Crippen LogP contribution in [0.5, 0.6) is 0 Å². The van der Waals surface area contributed by atoms with E-state index in [4.69, 9.17) is 13.8 Å². The Morgan fingerprint density at radius 1 is 0.872 bits per heavy atom. The second kappa shape index (κ2) is 11.0. The zero-order chi connectivity index (χ0) is 26.6. The summed E-state index contributed by atoms with van der Waals surface area (Å²) >= 11 is 1.43. The molecule has 1 N–H and O–H groups in total. The van der Waals surface area contributed by atoms with Crippen molar-refractivity contribution in [3.05, 3.63) is 94.2 Å². The van der Waals surface area contributed by atoms with Crippen molar-refractivity contribution >= 4 is 23.2 Å². The van der Waals surface area contributed by atoms with Crippen LogP contribution in [0, 0.1) is 5.92 Å². The molecule has 1 amide bonds. The van der Waals surface area contributed by atoms with E-state index >= 15 is 0 Å². The second-order valence-corrected chi connectivity index (χ2v) is 10.3. The first-order chi connectivity index (χ1) is 19.1. The molecule has 0 spiro atoms. The molecule has 6 rings (SSSR count). The van der Waals surface area contributed by atoms with Gasteiger partial charge in [-0.3, -0.25) is 4.79 Å². The van der Waals surface area contributed by atoms with Crippen LogP contribution in [0.25, 0.3) is 22.6 Å². The Morgan fingerprint density at radius 3 is 2.15 bits per heavy atom. The minimum atomic E-state index is -0.583. The van der Waals surface area contributed by atoms with Gasteiger partial charge in [-0.05, 0) is 18.8 Å². The SMILES string of the molecule is O=C(NCC1CC(c2nnc(COC(=O)c3cc(-c4ccccc4)on3)s2)C1)c1cc(-c2ccccc2)on1. The molecule has 0 radical (unpaired) electrons. The molecule has 3 heterocycles. The molecular weight excluding hydrogens is 518 g/mol. The van der Waals surface area contributed by atoms with Crippen LogP contribution in [0.2, 0.25) is 0 Å². The van der Waals surface area contributed by atoms with Crippen molar-refractivity contribution in [3.8, 4) is 22.6 Å². The highest BCUT2D eigenvalue weighted by Gasteiger charge is 2.33. The topological polar surface area (TPSA) is 133 Å². The number of esters is 1. The van der Waals surface area contributed by atoms with Gasteiger partial charge in [-0.1, -0.05) is 82.3 Å². The molecule has 11 heteroatoms. The molecule has 0 bridgehead atoms. The summed E-state index contributed by atoms with van der Waals surface area (Å²) in [5.74, 6) is 0.826. The number of amides is 1. The highest BCUT2D eigenvalue weighted by molar-refractivity contribution is 7.11. The molecular formula is C28H23N5O5S. The lowest BCUT2D eigenvalue weighted by Gasteiger charge is -2.33. The van der Waals surface area contributed by atoms with E-state index in [1.165, 1.54) is 11.3 Å². The van der Waals surface area contributed by atoms with Crippen LogP contribution >= 0.6 is 11.3 Å². The van der Waals surface area contributed by atoms with Gasteiger partial charge in [0, 0.05) is 35.7 Å². The van der Waals surface area contributed by atoms with E-state index in [2.05, 4.69) is 25.8 Å². The molecule has 2 aromatic carbocycles. The molecule has 3 aromatic heterocycles. The smallest absolute Gasteiger partial charge is 0.360 e. The van der Waals surface area contributed by atoms with Crippen molar-refractivity contribution in [1.29, 1.82) is 0 Å². The summed E-state index contributed by atoms with van der Waals surface area (Å²) in [5, 5.41) is 20.6. The number of rotatable bonds is 9. The third-order valence-corrected chi connectivity index (χ3v) is 7.58. The Labute approximate surface area is 227 Å². The number of aromatic nitrogens is 4. The zero-order valence-electron chi connectivity index (χ0n) is 20.6. The predicted octanol–water partition coefficient (Wildman–Crippen LogP) is 5.13. The fourth-order valence-electron chi connectivity index (χ4n) is 4.35. The van der Waals surface area contributed by atoms with Crippen LogP contribution in [0.15, 0.2) is 81.8 Å². The third-order valence-electron chi connectivity index (χ3n) is 6.52. The van der Waals surface area contributed by atoms with Crippen molar-refractivity contribution in [2.45, 2.75) is 25.4 Å². The number of carbonyl (C=O) groups is 2. The van der Waals surface area contributed by atoms with E-state index in [0.717, 1.165) is 29.0 Å². The maximum Gasteiger partial charge on any atom is 0.360 e. The zero-order valence-corrected chi connectivity index (χ0v) is 21.5. The van der Waals surface area contributed by atoms with Crippen molar-refractivity contribution in [1.82, 2.24) is 25.8 Å². The van der Waals surface area contributed by atoms with Crippen LogP contribution in [0.3, 0.4) is 0 Å². The van der Waals surface area contributed by atoms with Gasteiger partial charge >= 0.3 is 5.97 Å². The largest absolute Gasteiger partial charge is 0.453 e. The first-order valence-electron chi connectivity index (χ1n) is 12.4. The first kappa shape index (κ1) is 24.7. The number of nitrogens with zero attached hydrogens (tertiary/aromatic N) is 4. The summed E-state index contributed by atoms with van der Waals surface area (Å²) < 4.78 is 15.9. The van der Waals surface area contributed by atoms with E-state index in [-0.39, 0.29) is 29.8 Å². The van der Waals surface area contributed by atoms with E-state index in [1.54, 1.807) is 12.1 Å². The Kier molecular flexibility index (Phi) is 6.96. The highest BCUT2D eigenvalue weighted by atomic mass is 32.1. The minimum Gasteiger partial charge on any atom is -0.453 e. The van der Waals surface area contributed by atoms with Crippen LogP contribution in [-0.4, -0.2) is 38.9 Å². The Hall–Kier alpha value is -4.64. The first-order valence-corrected chi connectivity index (χ1v) is 13.3. The van der Waals surface area contributed by atoms with Gasteiger partial charge in [0.2, 0.25) is 0 Å². The molecule has 0 saturated heterocycles. The van der Waals surface area contributed by atoms with Gasteiger partial charge in [-0.25, -0.2) is 4.79 Å². The maximum absolute atomic E-state index is 12.5. The van der Waals surface area contributed by atoms with E-state index < -0.39 is 5.97 Å². The van der Waals surface area contributed by atoms with E-state index in [0.29, 0.717) is 29.0 Å². The van der Waals surface area contributed by atoms with Gasteiger partial charge in [0.05, 0.1) is 0 Å². The fourth-order valence-corrected chi connectivity index (χ4v) is 5.23. The maximum atomic E-state index is 12.5. The van der Waals surface area contributed by atoms with Gasteiger partial charge in [-0.15, -0.1) is 10.2 Å². The lowest BCUT2D eigenvalue weighted by molar-refractivity contribution is 0.0460. The summed E-state index contributed by atoms with van der Waals surface area (Å²) in [7, 11) is 0. The molecule has 5 aromatic rings. The quantitative estimate of drug-likeness (QED) is 0.252. The number of hydrogen-bond donors (Lipinski definition) is 1. The van der Waals surface area contributed by atoms with E-state index in [1.807, 2.05) is 60.7 Å². The molecule has 1 aliphatic rings. The van der Waals surface area contributed by atoms with Crippen LogP contribution in [0.4, 0.5) is 0 Å². The number of hydrogen-bond acceptors (Lipinski definition) is 10. The van der Waals surface area contributed by atoms with Crippen molar-refractivity contribution in [3.63, 3.8) is 0 Å². The highest BCUT2D eigenvalue weighted by Crippen LogP contribution is 2.42. The molecule has 1 aliphatic carbocycles. The summed E-state index contributed by atoms with van der Waals surface area (Å²) in [4.78, 5) is 24.9. The monoisotopic (exact) mass is 541 g/mol. The third kappa shape index (κ3) is 5.63. The average molecular weight is 542 g/mol. The van der Waals surface area contributed by atoms with Gasteiger partial charge in [0.25, 0.3) is 5.91 Å². The van der Waals surface area contributed by atoms with Crippen molar-refractivity contribution in [2.24, 2.45) is 5.92 Å².